The molecule has 1 aliphatic rings. The summed E-state index contributed by atoms with van der Waals surface area (Å²) >= 11 is 5.87. The number of fused-ring (bicyclic) bond motifs is 1. The van der Waals surface area contributed by atoms with Gasteiger partial charge in [-0.3, -0.25) is 4.79 Å². The predicted molar refractivity (Wildman–Crippen MR) is 62.9 cm³/mol. The van der Waals surface area contributed by atoms with Crippen molar-refractivity contribution in [1.29, 1.82) is 0 Å². The molecular weight excluding hydrogens is 260 g/mol. The first kappa shape index (κ1) is 12.7. The number of ether oxygens (including phenoxy) is 2. The molecular formula is C12H11ClO5. The lowest BCUT2D eigenvalue weighted by Crippen LogP contribution is -2.31. The number of carbonyl (C=O) groups excluding carboxylic acids is 1. The monoisotopic (exact) mass is 270 g/mol. The second kappa shape index (κ2) is 4.86. The highest BCUT2D eigenvalue weighted by Crippen LogP contribution is 2.41. The molecule has 0 aliphatic carbocycles. The van der Waals surface area contributed by atoms with Crippen LogP contribution in [0.15, 0.2) is 18.2 Å². The quantitative estimate of drug-likeness (QED) is 0.849. The van der Waals surface area contributed by atoms with Gasteiger partial charge in [0.05, 0.1) is 13.5 Å². The van der Waals surface area contributed by atoms with Crippen LogP contribution in [0.1, 0.15) is 17.9 Å². The van der Waals surface area contributed by atoms with Crippen molar-refractivity contribution in [3.05, 3.63) is 28.8 Å². The fourth-order valence-electron chi connectivity index (χ4n) is 2.03. The lowest BCUT2D eigenvalue weighted by Gasteiger charge is -2.14. The summed E-state index contributed by atoms with van der Waals surface area (Å²) in [5.74, 6) is -1.70. The van der Waals surface area contributed by atoms with Crippen LogP contribution in [0.4, 0.5) is 0 Å². The average molecular weight is 271 g/mol. The van der Waals surface area contributed by atoms with E-state index >= 15 is 0 Å². The van der Waals surface area contributed by atoms with Gasteiger partial charge in [-0.15, -0.1) is 0 Å². The number of benzene rings is 1. The Bertz CT molecular complexity index is 499. The van der Waals surface area contributed by atoms with Gasteiger partial charge in [-0.05, 0) is 18.2 Å². The summed E-state index contributed by atoms with van der Waals surface area (Å²) in [5.41, 5.74) is 0.625. The van der Waals surface area contributed by atoms with Crippen molar-refractivity contribution in [2.75, 3.05) is 7.11 Å². The van der Waals surface area contributed by atoms with Crippen LogP contribution in [0.25, 0.3) is 0 Å². The van der Waals surface area contributed by atoms with Gasteiger partial charge in [0, 0.05) is 16.5 Å². The zero-order valence-corrected chi connectivity index (χ0v) is 10.3. The molecule has 1 heterocycles. The summed E-state index contributed by atoms with van der Waals surface area (Å²) in [7, 11) is 1.24. The molecule has 1 N–H and O–H groups in total. The lowest BCUT2D eigenvalue weighted by atomic mass is 9.92. The van der Waals surface area contributed by atoms with Crippen molar-refractivity contribution in [2.24, 2.45) is 0 Å². The highest BCUT2D eigenvalue weighted by atomic mass is 35.5. The molecule has 0 saturated heterocycles. The molecule has 0 fully saturated rings. The maximum atomic E-state index is 11.6. The normalized spacial score (nSPS) is 21.0. The Labute approximate surface area is 108 Å². The summed E-state index contributed by atoms with van der Waals surface area (Å²) in [6.45, 7) is 0. The summed E-state index contributed by atoms with van der Waals surface area (Å²) in [6, 6.07) is 4.86. The van der Waals surface area contributed by atoms with Gasteiger partial charge < -0.3 is 14.6 Å². The number of hydrogen-bond acceptors (Lipinski definition) is 4. The van der Waals surface area contributed by atoms with Crippen LogP contribution in [-0.4, -0.2) is 30.3 Å². The van der Waals surface area contributed by atoms with E-state index in [1.165, 1.54) is 7.11 Å². The van der Waals surface area contributed by atoms with E-state index in [4.69, 9.17) is 21.4 Å². The van der Waals surface area contributed by atoms with Gasteiger partial charge in [0.1, 0.15) is 5.75 Å². The smallest absolute Gasteiger partial charge is 0.347 e. The van der Waals surface area contributed by atoms with E-state index in [2.05, 4.69) is 4.74 Å². The summed E-state index contributed by atoms with van der Waals surface area (Å²) in [6.07, 6.45) is -1.15. The Morgan fingerprint density at radius 2 is 2.22 bits per heavy atom. The molecule has 2 atom stereocenters. The molecule has 0 spiro atoms. The molecule has 0 saturated carbocycles. The number of methoxy groups -OCH3 is 1. The van der Waals surface area contributed by atoms with Crippen molar-refractivity contribution < 1.29 is 24.2 Å². The molecule has 5 nitrogen and oxygen atoms in total. The van der Waals surface area contributed by atoms with Gasteiger partial charge in [0.25, 0.3) is 0 Å². The highest BCUT2D eigenvalue weighted by molar-refractivity contribution is 6.30. The highest BCUT2D eigenvalue weighted by Gasteiger charge is 2.41. The lowest BCUT2D eigenvalue weighted by molar-refractivity contribution is -0.149. The van der Waals surface area contributed by atoms with Crippen molar-refractivity contribution >= 4 is 23.5 Å². The minimum absolute atomic E-state index is 0.215. The molecule has 0 radical (unpaired) electrons. The van der Waals surface area contributed by atoms with Crippen LogP contribution < -0.4 is 4.74 Å². The van der Waals surface area contributed by atoms with Gasteiger partial charge in [-0.2, -0.15) is 0 Å². The average Bonchev–Trinajstić information content (AvgIpc) is 2.66. The van der Waals surface area contributed by atoms with E-state index in [-0.39, 0.29) is 6.42 Å². The third kappa shape index (κ3) is 2.26. The van der Waals surface area contributed by atoms with Gasteiger partial charge in [0.15, 0.2) is 0 Å². The number of carboxylic acid groups (broad SMARTS) is 1. The fraction of sp³-hybridized carbons (Fsp3) is 0.333. The van der Waals surface area contributed by atoms with Crippen molar-refractivity contribution in [2.45, 2.75) is 18.4 Å². The Morgan fingerprint density at radius 3 is 2.83 bits per heavy atom. The number of esters is 1. The van der Waals surface area contributed by atoms with E-state index in [9.17, 15) is 9.59 Å². The van der Waals surface area contributed by atoms with Crippen LogP contribution in [0.5, 0.6) is 5.75 Å². The third-order valence-electron chi connectivity index (χ3n) is 2.82. The molecule has 96 valence electrons. The summed E-state index contributed by atoms with van der Waals surface area (Å²) in [5, 5.41) is 9.37. The molecule has 2 rings (SSSR count). The summed E-state index contributed by atoms with van der Waals surface area (Å²) < 4.78 is 10.0. The molecule has 0 amide bonds. The number of carboxylic acids is 1. The first-order chi connectivity index (χ1) is 8.52. The van der Waals surface area contributed by atoms with Crippen LogP contribution in [0, 0.1) is 0 Å². The second-order valence-corrected chi connectivity index (χ2v) is 4.38. The largest absolute Gasteiger partial charge is 0.481 e. The van der Waals surface area contributed by atoms with Crippen molar-refractivity contribution in [3.63, 3.8) is 0 Å². The van der Waals surface area contributed by atoms with Crippen LogP contribution >= 0.6 is 11.6 Å². The van der Waals surface area contributed by atoms with Crippen LogP contribution in [0.2, 0.25) is 5.02 Å². The molecule has 18 heavy (non-hydrogen) atoms. The van der Waals surface area contributed by atoms with Gasteiger partial charge in [0.2, 0.25) is 6.10 Å². The number of carbonyl (C=O) groups is 2. The van der Waals surface area contributed by atoms with E-state index in [0.29, 0.717) is 16.3 Å². The molecule has 1 aliphatic heterocycles. The van der Waals surface area contributed by atoms with Crippen molar-refractivity contribution in [1.82, 2.24) is 0 Å². The van der Waals surface area contributed by atoms with Gasteiger partial charge >= 0.3 is 11.9 Å². The van der Waals surface area contributed by atoms with Crippen LogP contribution in [-0.2, 0) is 14.3 Å². The minimum atomic E-state index is -1.01. The molecule has 6 heteroatoms. The topological polar surface area (TPSA) is 72.8 Å². The minimum Gasteiger partial charge on any atom is -0.481 e. The standard InChI is InChI=1S/C12H11ClO5/c1-17-12(16)11-8(5-10(14)15)7-4-6(13)2-3-9(7)18-11/h2-4,8,11H,5H2,1H3,(H,14,15). The first-order valence-electron chi connectivity index (χ1n) is 5.28. The SMILES string of the molecule is COC(=O)C1Oc2ccc(Cl)cc2C1CC(=O)O. The van der Waals surface area contributed by atoms with E-state index in [1.807, 2.05) is 0 Å². The van der Waals surface area contributed by atoms with Gasteiger partial charge in [-0.1, -0.05) is 11.6 Å². The first-order valence-corrected chi connectivity index (χ1v) is 5.66. The second-order valence-electron chi connectivity index (χ2n) is 3.95. The van der Waals surface area contributed by atoms with Crippen LogP contribution in [0.3, 0.4) is 0 Å². The molecule has 0 aromatic heterocycles. The molecule has 0 bridgehead atoms. The predicted octanol–water partition coefficient (Wildman–Crippen LogP) is 1.83. The van der Waals surface area contributed by atoms with Crippen molar-refractivity contribution in [3.8, 4) is 5.75 Å². The Morgan fingerprint density at radius 1 is 1.50 bits per heavy atom. The summed E-state index contributed by atoms with van der Waals surface area (Å²) in [4.78, 5) is 22.5. The Balaban J connectivity index is 2.38. The third-order valence-corrected chi connectivity index (χ3v) is 3.05. The number of rotatable bonds is 3. The Hall–Kier alpha value is -1.75. The molecule has 1 aromatic rings. The maximum Gasteiger partial charge on any atom is 0.347 e. The number of aliphatic carboxylic acids is 1. The van der Waals surface area contributed by atoms with E-state index < -0.39 is 24.0 Å². The molecule has 2 unspecified atom stereocenters. The zero-order chi connectivity index (χ0) is 13.3. The van der Waals surface area contributed by atoms with E-state index in [0.717, 1.165) is 0 Å². The van der Waals surface area contributed by atoms with E-state index in [1.54, 1.807) is 18.2 Å². The zero-order valence-electron chi connectivity index (χ0n) is 9.55. The van der Waals surface area contributed by atoms with Gasteiger partial charge in [-0.25, -0.2) is 4.79 Å². The maximum absolute atomic E-state index is 11.6. The molecule has 1 aromatic carbocycles. The number of halogens is 1. The Kier molecular flexibility index (Phi) is 3.43. The fourth-order valence-corrected chi connectivity index (χ4v) is 2.21. The number of hydrogen-bond donors (Lipinski definition) is 1.